The van der Waals surface area contributed by atoms with E-state index in [0.717, 1.165) is 22.1 Å². The quantitative estimate of drug-likeness (QED) is 0.811. The first-order chi connectivity index (χ1) is 9.87. The van der Waals surface area contributed by atoms with Gasteiger partial charge in [-0.25, -0.2) is 8.42 Å². The zero-order valence-corrected chi connectivity index (χ0v) is 14.5. The molecule has 3 nitrogen and oxygen atoms in total. The molecule has 0 unspecified atom stereocenters. The fourth-order valence-electron chi connectivity index (χ4n) is 2.13. The van der Waals surface area contributed by atoms with E-state index >= 15 is 0 Å². The third-order valence-electron chi connectivity index (χ3n) is 3.02. The van der Waals surface area contributed by atoms with Gasteiger partial charge in [-0.15, -0.1) is 0 Å². The van der Waals surface area contributed by atoms with Crippen LogP contribution in [-0.2, 0) is 22.1 Å². The third-order valence-corrected chi connectivity index (χ3v) is 5.25. The summed E-state index contributed by atoms with van der Waals surface area (Å²) in [6.45, 7) is 0.798. The Hall–Kier alpha value is -1.17. The van der Waals surface area contributed by atoms with Crippen LogP contribution in [0.3, 0.4) is 0 Å². The molecule has 0 N–H and O–H groups in total. The number of benzene rings is 2. The number of halogens is 1. The zero-order chi connectivity index (χ0) is 15.5. The highest BCUT2D eigenvalue weighted by atomic mass is 79.9. The summed E-state index contributed by atoms with van der Waals surface area (Å²) in [6.07, 6.45) is 0. The van der Waals surface area contributed by atoms with Gasteiger partial charge in [0, 0.05) is 11.0 Å². The fraction of sp³-hybridized carbons (Fsp3) is 0.250. The molecule has 0 atom stereocenters. The summed E-state index contributed by atoms with van der Waals surface area (Å²) in [5.41, 5.74) is 1.93. The molecule has 112 valence electrons. The van der Waals surface area contributed by atoms with Crippen LogP contribution in [0, 0.1) is 0 Å². The molecule has 0 radical (unpaired) electrons. The van der Waals surface area contributed by atoms with Gasteiger partial charge >= 0.3 is 0 Å². The van der Waals surface area contributed by atoms with Crippen LogP contribution in [0.5, 0.6) is 0 Å². The van der Waals surface area contributed by atoms with Gasteiger partial charge in [-0.2, -0.15) is 0 Å². The zero-order valence-electron chi connectivity index (χ0n) is 12.1. The first-order valence-corrected chi connectivity index (χ1v) is 9.02. The van der Waals surface area contributed by atoms with Crippen LogP contribution < -0.4 is 0 Å². The van der Waals surface area contributed by atoms with Crippen LogP contribution in [0.25, 0.3) is 0 Å². The lowest BCUT2D eigenvalue weighted by molar-refractivity contribution is 0.402. The van der Waals surface area contributed by atoms with E-state index in [1.54, 1.807) is 24.3 Å². The highest BCUT2D eigenvalue weighted by Gasteiger charge is 2.15. The predicted octanol–water partition coefficient (Wildman–Crippen LogP) is 3.48. The van der Waals surface area contributed by atoms with Crippen molar-refractivity contribution in [2.45, 2.75) is 17.2 Å². The van der Waals surface area contributed by atoms with Gasteiger partial charge in [-0.1, -0.05) is 40.2 Å². The minimum Gasteiger partial charge on any atom is -0.305 e. The van der Waals surface area contributed by atoms with Crippen molar-refractivity contribution in [1.29, 1.82) is 0 Å². The van der Waals surface area contributed by atoms with Gasteiger partial charge in [0.25, 0.3) is 0 Å². The Bertz CT molecular complexity index is 709. The number of hydrogen-bond acceptors (Lipinski definition) is 3. The largest absolute Gasteiger partial charge is 0.305 e. The molecular formula is C16H18BrNO2S. The van der Waals surface area contributed by atoms with E-state index in [1.807, 2.05) is 38.4 Å². The fourth-order valence-corrected chi connectivity index (χ4v) is 3.73. The van der Waals surface area contributed by atoms with Crippen molar-refractivity contribution in [2.24, 2.45) is 0 Å². The van der Waals surface area contributed by atoms with Crippen molar-refractivity contribution in [2.75, 3.05) is 14.1 Å². The molecule has 2 aromatic rings. The Morgan fingerprint density at radius 1 is 1.00 bits per heavy atom. The lowest BCUT2D eigenvalue weighted by Crippen LogP contribution is -2.11. The predicted molar refractivity (Wildman–Crippen MR) is 88.9 cm³/mol. The third kappa shape index (κ3) is 4.66. The van der Waals surface area contributed by atoms with Crippen LogP contribution in [0.2, 0.25) is 0 Å². The Morgan fingerprint density at radius 3 is 2.24 bits per heavy atom. The number of rotatable bonds is 5. The topological polar surface area (TPSA) is 37.4 Å². The Labute approximate surface area is 134 Å². The van der Waals surface area contributed by atoms with E-state index in [1.165, 1.54) is 0 Å². The molecule has 0 spiro atoms. The molecule has 0 saturated carbocycles. The summed E-state index contributed by atoms with van der Waals surface area (Å²) in [5, 5.41) is 0. The van der Waals surface area contributed by atoms with Gasteiger partial charge in [0.1, 0.15) is 0 Å². The molecule has 0 heterocycles. The van der Waals surface area contributed by atoms with E-state index in [0.29, 0.717) is 4.90 Å². The van der Waals surface area contributed by atoms with Gasteiger partial charge in [0.05, 0.1) is 10.6 Å². The van der Waals surface area contributed by atoms with E-state index in [-0.39, 0.29) is 5.75 Å². The second-order valence-corrected chi connectivity index (χ2v) is 8.18. The van der Waals surface area contributed by atoms with Gasteiger partial charge in [0.2, 0.25) is 0 Å². The molecule has 0 bridgehead atoms. The van der Waals surface area contributed by atoms with Crippen LogP contribution in [0.1, 0.15) is 11.1 Å². The van der Waals surface area contributed by atoms with E-state index < -0.39 is 9.84 Å². The summed E-state index contributed by atoms with van der Waals surface area (Å²) < 4.78 is 25.7. The minimum atomic E-state index is -3.31. The first kappa shape index (κ1) is 16.2. The summed E-state index contributed by atoms with van der Waals surface area (Å²) in [4.78, 5) is 2.41. The van der Waals surface area contributed by atoms with Crippen molar-refractivity contribution < 1.29 is 8.42 Å². The van der Waals surface area contributed by atoms with E-state index in [9.17, 15) is 8.42 Å². The standard InChI is InChI=1S/C16H18BrNO2S/c1-18(2)11-13-4-3-5-14(10-13)12-21(19,20)16-8-6-15(17)7-9-16/h3-10H,11-12H2,1-2H3. The first-order valence-electron chi connectivity index (χ1n) is 6.58. The number of hydrogen-bond donors (Lipinski definition) is 0. The summed E-state index contributed by atoms with van der Waals surface area (Å²) in [6, 6.07) is 14.5. The minimum absolute atomic E-state index is 0.0237. The molecule has 0 amide bonds. The smallest absolute Gasteiger partial charge is 0.182 e. The Kier molecular flexibility index (Phi) is 5.19. The maximum atomic E-state index is 12.4. The SMILES string of the molecule is CN(C)Cc1cccc(CS(=O)(=O)c2ccc(Br)cc2)c1. The Balaban J connectivity index is 2.22. The summed E-state index contributed by atoms with van der Waals surface area (Å²) >= 11 is 3.31. The van der Waals surface area contributed by atoms with Gasteiger partial charge in [-0.05, 0) is 49.5 Å². The monoisotopic (exact) mass is 367 g/mol. The molecule has 0 aliphatic carbocycles. The highest BCUT2D eigenvalue weighted by molar-refractivity contribution is 9.10. The van der Waals surface area contributed by atoms with Crippen molar-refractivity contribution in [3.63, 3.8) is 0 Å². The summed E-state index contributed by atoms with van der Waals surface area (Å²) in [5.74, 6) is 0.0237. The van der Waals surface area contributed by atoms with Crippen LogP contribution in [0.15, 0.2) is 57.9 Å². The molecule has 2 rings (SSSR count). The van der Waals surface area contributed by atoms with Crippen molar-refractivity contribution >= 4 is 25.8 Å². The van der Waals surface area contributed by atoms with Gasteiger partial charge < -0.3 is 4.90 Å². The molecule has 5 heteroatoms. The molecule has 21 heavy (non-hydrogen) atoms. The van der Waals surface area contributed by atoms with Crippen LogP contribution in [0.4, 0.5) is 0 Å². The van der Waals surface area contributed by atoms with Crippen LogP contribution >= 0.6 is 15.9 Å². The molecular weight excluding hydrogens is 350 g/mol. The van der Waals surface area contributed by atoms with Crippen molar-refractivity contribution in [1.82, 2.24) is 4.90 Å². The second kappa shape index (κ2) is 6.73. The average molecular weight is 368 g/mol. The lowest BCUT2D eigenvalue weighted by atomic mass is 10.1. The second-order valence-electron chi connectivity index (χ2n) is 5.27. The number of nitrogens with zero attached hydrogens (tertiary/aromatic N) is 1. The van der Waals surface area contributed by atoms with Crippen LogP contribution in [-0.4, -0.2) is 27.4 Å². The van der Waals surface area contributed by atoms with E-state index in [4.69, 9.17) is 0 Å². The average Bonchev–Trinajstić information content (AvgIpc) is 2.38. The Morgan fingerprint density at radius 2 is 1.62 bits per heavy atom. The molecule has 2 aromatic carbocycles. The van der Waals surface area contributed by atoms with E-state index in [2.05, 4.69) is 20.8 Å². The normalized spacial score (nSPS) is 11.8. The molecule has 0 saturated heterocycles. The lowest BCUT2D eigenvalue weighted by Gasteiger charge is -2.11. The van der Waals surface area contributed by atoms with Gasteiger partial charge in [0.15, 0.2) is 9.84 Å². The molecule has 0 aliphatic rings. The van der Waals surface area contributed by atoms with Gasteiger partial charge in [-0.3, -0.25) is 0 Å². The maximum Gasteiger partial charge on any atom is 0.182 e. The summed E-state index contributed by atoms with van der Waals surface area (Å²) in [7, 11) is 0.673. The highest BCUT2D eigenvalue weighted by Crippen LogP contribution is 2.20. The maximum absolute atomic E-state index is 12.4. The van der Waals surface area contributed by atoms with Crippen molar-refractivity contribution in [3.05, 3.63) is 64.1 Å². The number of sulfone groups is 1. The molecule has 0 aliphatic heterocycles. The van der Waals surface area contributed by atoms with Crippen molar-refractivity contribution in [3.8, 4) is 0 Å². The molecule has 0 fully saturated rings. The molecule has 0 aromatic heterocycles.